The molecule has 0 spiro atoms. The first-order valence-electron chi connectivity index (χ1n) is 6.49. The number of rotatable bonds is 3. The van der Waals surface area contributed by atoms with Crippen molar-refractivity contribution in [1.29, 1.82) is 0 Å². The molecular formula is C15H19N3O2. The van der Waals surface area contributed by atoms with E-state index in [1.165, 1.54) is 12.0 Å². The second kappa shape index (κ2) is 5.45. The molecule has 0 bridgehead atoms. The number of hydrogen-bond acceptors (Lipinski definition) is 4. The molecule has 0 fully saturated rings. The predicted molar refractivity (Wildman–Crippen MR) is 75.2 cm³/mol. The van der Waals surface area contributed by atoms with Crippen LogP contribution in [-0.2, 0) is 12.0 Å². The van der Waals surface area contributed by atoms with E-state index in [2.05, 4.69) is 35.4 Å². The van der Waals surface area contributed by atoms with Gasteiger partial charge < -0.3 is 9.42 Å². The topological polar surface area (TPSA) is 59.2 Å². The van der Waals surface area contributed by atoms with Crippen molar-refractivity contribution in [2.24, 2.45) is 0 Å². The molecule has 0 saturated heterocycles. The maximum Gasteiger partial charge on any atom is 0.254 e. The molecule has 0 saturated carbocycles. The van der Waals surface area contributed by atoms with Crippen LogP contribution in [0.5, 0.6) is 0 Å². The van der Waals surface area contributed by atoms with Crippen LogP contribution in [0, 0.1) is 0 Å². The van der Waals surface area contributed by atoms with Crippen LogP contribution in [0.2, 0.25) is 0 Å². The highest BCUT2D eigenvalue weighted by molar-refractivity contribution is 5.94. The molecular weight excluding hydrogens is 254 g/mol. The van der Waals surface area contributed by atoms with Gasteiger partial charge in [0.05, 0.1) is 6.54 Å². The maximum absolute atomic E-state index is 12.3. The van der Waals surface area contributed by atoms with Crippen LogP contribution in [0.15, 0.2) is 35.2 Å². The average molecular weight is 273 g/mol. The van der Waals surface area contributed by atoms with Crippen LogP contribution in [0.25, 0.3) is 0 Å². The number of amides is 1. The minimum absolute atomic E-state index is 0.0599. The van der Waals surface area contributed by atoms with Crippen LogP contribution in [-0.4, -0.2) is 28.0 Å². The Labute approximate surface area is 118 Å². The van der Waals surface area contributed by atoms with Crippen molar-refractivity contribution in [3.05, 3.63) is 47.6 Å². The number of benzene rings is 1. The van der Waals surface area contributed by atoms with E-state index < -0.39 is 0 Å². The zero-order chi connectivity index (χ0) is 14.8. The van der Waals surface area contributed by atoms with E-state index >= 15 is 0 Å². The normalized spacial score (nSPS) is 11.4. The van der Waals surface area contributed by atoms with Gasteiger partial charge in [-0.25, -0.2) is 0 Å². The molecule has 1 aromatic carbocycles. The van der Waals surface area contributed by atoms with Gasteiger partial charge in [0.25, 0.3) is 5.91 Å². The van der Waals surface area contributed by atoms with Crippen molar-refractivity contribution < 1.29 is 9.32 Å². The summed E-state index contributed by atoms with van der Waals surface area (Å²) < 4.78 is 4.65. The maximum atomic E-state index is 12.3. The lowest BCUT2D eigenvalue weighted by Crippen LogP contribution is -2.26. The van der Waals surface area contributed by atoms with Crippen molar-refractivity contribution in [3.63, 3.8) is 0 Å². The molecule has 20 heavy (non-hydrogen) atoms. The average Bonchev–Trinajstić information content (AvgIpc) is 2.90. The van der Waals surface area contributed by atoms with Crippen molar-refractivity contribution in [2.75, 3.05) is 7.05 Å². The highest BCUT2D eigenvalue weighted by Gasteiger charge is 2.17. The van der Waals surface area contributed by atoms with E-state index in [-0.39, 0.29) is 11.3 Å². The van der Waals surface area contributed by atoms with Gasteiger partial charge >= 0.3 is 0 Å². The highest BCUT2D eigenvalue weighted by Crippen LogP contribution is 2.22. The molecule has 5 heteroatoms. The molecule has 5 nitrogen and oxygen atoms in total. The Balaban J connectivity index is 2.09. The Morgan fingerprint density at radius 2 is 1.90 bits per heavy atom. The first-order valence-corrected chi connectivity index (χ1v) is 6.49. The summed E-state index contributed by atoms with van der Waals surface area (Å²) in [5.41, 5.74) is 1.94. The summed E-state index contributed by atoms with van der Waals surface area (Å²) in [5, 5.41) is 3.70. The number of carbonyl (C=O) groups excluding carboxylic acids is 1. The number of hydrogen-bond donors (Lipinski definition) is 0. The quantitative estimate of drug-likeness (QED) is 0.862. The minimum atomic E-state index is -0.0599. The van der Waals surface area contributed by atoms with Crippen LogP contribution in [0.4, 0.5) is 0 Å². The third kappa shape index (κ3) is 3.23. The predicted octanol–water partition coefficient (Wildman–Crippen LogP) is 2.64. The lowest BCUT2D eigenvalue weighted by atomic mass is 9.86. The standard InChI is InChI=1S/C15H19N3O2/c1-15(2,3)12-7-5-11(6-8-12)14(19)18(4)9-13-16-10-20-17-13/h5-8,10H,9H2,1-4H3. The summed E-state index contributed by atoms with van der Waals surface area (Å²) in [5.74, 6) is 0.433. The fraction of sp³-hybridized carbons (Fsp3) is 0.400. The van der Waals surface area contributed by atoms with Crippen molar-refractivity contribution in [2.45, 2.75) is 32.7 Å². The highest BCUT2D eigenvalue weighted by atomic mass is 16.5. The molecule has 0 aliphatic rings. The Morgan fingerprint density at radius 1 is 1.25 bits per heavy atom. The molecule has 2 rings (SSSR count). The molecule has 106 valence electrons. The largest absolute Gasteiger partial charge is 0.343 e. The van der Waals surface area contributed by atoms with Crippen molar-refractivity contribution in [1.82, 2.24) is 15.0 Å². The molecule has 0 N–H and O–H groups in total. The Morgan fingerprint density at radius 3 is 2.40 bits per heavy atom. The van der Waals surface area contributed by atoms with Crippen LogP contribution in [0.1, 0.15) is 42.5 Å². The SMILES string of the molecule is CN(Cc1ncon1)C(=O)c1ccc(C(C)(C)C)cc1. The third-order valence-corrected chi connectivity index (χ3v) is 3.13. The van der Waals surface area contributed by atoms with E-state index in [4.69, 9.17) is 0 Å². The number of aromatic nitrogens is 2. The Hall–Kier alpha value is -2.17. The Kier molecular flexibility index (Phi) is 3.88. The second-order valence-corrected chi connectivity index (χ2v) is 5.84. The van der Waals surface area contributed by atoms with Gasteiger partial charge in [-0.3, -0.25) is 4.79 Å². The van der Waals surface area contributed by atoms with Gasteiger partial charge in [0.1, 0.15) is 0 Å². The van der Waals surface area contributed by atoms with Crippen LogP contribution < -0.4 is 0 Å². The molecule has 0 radical (unpaired) electrons. The lowest BCUT2D eigenvalue weighted by Gasteiger charge is -2.20. The van der Waals surface area contributed by atoms with E-state index in [0.717, 1.165) is 0 Å². The van der Waals surface area contributed by atoms with Gasteiger partial charge in [0.15, 0.2) is 5.82 Å². The molecule has 2 aromatic rings. The summed E-state index contributed by atoms with van der Waals surface area (Å²) in [4.78, 5) is 17.7. The van der Waals surface area contributed by atoms with E-state index in [0.29, 0.717) is 17.9 Å². The van der Waals surface area contributed by atoms with Crippen LogP contribution in [0.3, 0.4) is 0 Å². The van der Waals surface area contributed by atoms with Gasteiger partial charge in [0, 0.05) is 12.6 Å². The molecule has 1 amide bonds. The monoisotopic (exact) mass is 273 g/mol. The fourth-order valence-electron chi connectivity index (χ4n) is 1.88. The third-order valence-electron chi connectivity index (χ3n) is 3.13. The van der Waals surface area contributed by atoms with E-state index in [1.807, 2.05) is 24.3 Å². The smallest absolute Gasteiger partial charge is 0.254 e. The zero-order valence-electron chi connectivity index (χ0n) is 12.3. The molecule has 1 heterocycles. The van der Waals surface area contributed by atoms with Gasteiger partial charge in [-0.05, 0) is 23.1 Å². The summed E-state index contributed by atoms with van der Waals surface area (Å²) in [6.07, 6.45) is 1.26. The lowest BCUT2D eigenvalue weighted by molar-refractivity contribution is 0.0780. The number of nitrogens with zero attached hydrogens (tertiary/aromatic N) is 3. The first-order chi connectivity index (χ1) is 9.38. The van der Waals surface area contributed by atoms with Crippen molar-refractivity contribution >= 4 is 5.91 Å². The fourth-order valence-corrected chi connectivity index (χ4v) is 1.88. The van der Waals surface area contributed by atoms with Crippen molar-refractivity contribution in [3.8, 4) is 0 Å². The Bertz CT molecular complexity index is 568. The van der Waals surface area contributed by atoms with Gasteiger partial charge in [-0.15, -0.1) is 0 Å². The zero-order valence-corrected chi connectivity index (χ0v) is 12.3. The van der Waals surface area contributed by atoms with Gasteiger partial charge in [0.2, 0.25) is 6.39 Å². The summed E-state index contributed by atoms with van der Waals surface area (Å²) in [7, 11) is 1.72. The number of carbonyl (C=O) groups is 1. The van der Waals surface area contributed by atoms with Gasteiger partial charge in [-0.2, -0.15) is 4.98 Å². The van der Waals surface area contributed by atoms with Crippen LogP contribution >= 0.6 is 0 Å². The molecule has 0 aliphatic carbocycles. The summed E-state index contributed by atoms with van der Waals surface area (Å²) in [6, 6.07) is 7.70. The molecule has 1 aromatic heterocycles. The van der Waals surface area contributed by atoms with E-state index in [9.17, 15) is 4.79 Å². The summed E-state index contributed by atoms with van der Waals surface area (Å²) in [6.45, 7) is 6.76. The van der Waals surface area contributed by atoms with Gasteiger partial charge in [-0.1, -0.05) is 38.1 Å². The first kappa shape index (κ1) is 14.2. The molecule has 0 aliphatic heterocycles. The summed E-state index contributed by atoms with van der Waals surface area (Å²) >= 11 is 0. The van der Waals surface area contributed by atoms with E-state index in [1.54, 1.807) is 11.9 Å². The molecule has 0 atom stereocenters. The minimum Gasteiger partial charge on any atom is -0.343 e. The molecule has 0 unspecified atom stereocenters. The second-order valence-electron chi connectivity index (χ2n) is 5.84.